The molecule has 0 fully saturated rings. The first-order chi connectivity index (χ1) is 14.5. The summed E-state index contributed by atoms with van der Waals surface area (Å²) in [6.07, 6.45) is 0. The predicted octanol–water partition coefficient (Wildman–Crippen LogP) is 4.28. The van der Waals surface area contributed by atoms with Crippen LogP contribution in [0.1, 0.15) is 38.0 Å². The van der Waals surface area contributed by atoms with Crippen LogP contribution in [0.25, 0.3) is 0 Å². The van der Waals surface area contributed by atoms with Crippen molar-refractivity contribution in [3.8, 4) is 5.75 Å². The van der Waals surface area contributed by atoms with Crippen molar-refractivity contribution in [3.63, 3.8) is 0 Å². The number of ether oxygens (including phenoxy) is 1. The Hall–Kier alpha value is -4.00. The first kappa shape index (κ1) is 19.3. The fourth-order valence-electron chi connectivity index (χ4n) is 3.23. The monoisotopic (exact) mass is 404 g/mol. The van der Waals surface area contributed by atoms with Crippen molar-refractivity contribution in [1.29, 1.82) is 0 Å². The van der Waals surface area contributed by atoms with Gasteiger partial charge in [0, 0.05) is 5.56 Å². The van der Waals surface area contributed by atoms with Crippen LogP contribution in [0.2, 0.25) is 0 Å². The van der Waals surface area contributed by atoms with E-state index in [-0.39, 0.29) is 22.4 Å². The number of carbonyl (C=O) groups is 3. The number of hydrogen-bond donors (Lipinski definition) is 1. The third-order valence-electron chi connectivity index (χ3n) is 4.68. The molecule has 1 aliphatic rings. The minimum atomic E-state index is -0.581. The van der Waals surface area contributed by atoms with Gasteiger partial charge in [-0.05, 0) is 61.5 Å². The van der Waals surface area contributed by atoms with Crippen LogP contribution in [0.15, 0.2) is 66.7 Å². The molecular weight excluding hydrogens is 387 g/mol. The molecule has 0 aliphatic carbocycles. The minimum absolute atomic E-state index is 0.0291. The number of para-hydroxylation sites is 1. The van der Waals surface area contributed by atoms with Crippen molar-refractivity contribution in [3.05, 3.63) is 89.2 Å². The molecule has 0 spiro atoms. The van der Waals surface area contributed by atoms with E-state index in [0.717, 1.165) is 4.90 Å². The number of imide groups is 1. The highest BCUT2D eigenvalue weighted by Gasteiger charge is 2.37. The summed E-state index contributed by atoms with van der Waals surface area (Å²) in [5, 5.41) is 2.47. The number of anilines is 2. The normalized spacial score (nSPS) is 12.7. The van der Waals surface area contributed by atoms with Crippen LogP contribution in [0.3, 0.4) is 0 Å². The lowest BCUT2D eigenvalue weighted by atomic mass is 10.1. The predicted molar refractivity (Wildman–Crippen MR) is 110 cm³/mol. The average Bonchev–Trinajstić information content (AvgIpc) is 3.00. The summed E-state index contributed by atoms with van der Waals surface area (Å²) >= 11 is 0. The highest BCUT2D eigenvalue weighted by atomic mass is 19.1. The van der Waals surface area contributed by atoms with E-state index < -0.39 is 23.5 Å². The zero-order valence-electron chi connectivity index (χ0n) is 16.0. The summed E-state index contributed by atoms with van der Waals surface area (Å²) in [5.74, 6) is -1.52. The number of carbonyl (C=O) groups excluding carboxylic acids is 3. The van der Waals surface area contributed by atoms with Gasteiger partial charge in [-0.25, -0.2) is 9.29 Å². The Labute approximate surface area is 171 Å². The second-order valence-electron chi connectivity index (χ2n) is 6.57. The summed E-state index contributed by atoms with van der Waals surface area (Å²) in [6.45, 7) is 2.36. The lowest BCUT2D eigenvalue weighted by Gasteiger charge is -2.14. The van der Waals surface area contributed by atoms with Crippen molar-refractivity contribution in [2.75, 3.05) is 16.8 Å². The van der Waals surface area contributed by atoms with Gasteiger partial charge in [0.2, 0.25) is 0 Å². The fraction of sp³-hybridized carbons (Fsp3) is 0.0870. The molecule has 7 heteroatoms. The quantitative estimate of drug-likeness (QED) is 0.644. The van der Waals surface area contributed by atoms with E-state index in [1.165, 1.54) is 36.4 Å². The molecule has 3 aromatic carbocycles. The van der Waals surface area contributed by atoms with Crippen molar-refractivity contribution in [2.45, 2.75) is 6.92 Å². The third kappa shape index (κ3) is 3.41. The second kappa shape index (κ2) is 7.79. The third-order valence-corrected chi connectivity index (χ3v) is 4.68. The van der Waals surface area contributed by atoms with E-state index in [1.54, 1.807) is 30.3 Å². The van der Waals surface area contributed by atoms with E-state index in [1.807, 2.05) is 6.92 Å². The molecule has 1 aliphatic heterocycles. The SMILES string of the molecule is CCOc1ccc(N2C(=O)c3ccc(C(=O)Nc4ccccc4F)cc3C2=O)cc1. The molecule has 30 heavy (non-hydrogen) atoms. The number of fused-ring (bicyclic) bond motifs is 1. The molecule has 0 saturated heterocycles. The van der Waals surface area contributed by atoms with E-state index >= 15 is 0 Å². The Morgan fingerprint density at radius 1 is 0.967 bits per heavy atom. The molecule has 3 amide bonds. The number of amides is 3. The van der Waals surface area contributed by atoms with E-state index in [4.69, 9.17) is 4.74 Å². The van der Waals surface area contributed by atoms with Crippen molar-refractivity contribution in [1.82, 2.24) is 0 Å². The van der Waals surface area contributed by atoms with Crippen molar-refractivity contribution < 1.29 is 23.5 Å². The molecule has 3 aromatic rings. The fourth-order valence-corrected chi connectivity index (χ4v) is 3.23. The molecule has 0 saturated carbocycles. The van der Waals surface area contributed by atoms with E-state index in [0.29, 0.717) is 18.0 Å². The number of nitrogens with one attached hydrogen (secondary N) is 1. The highest BCUT2D eigenvalue weighted by molar-refractivity contribution is 6.34. The largest absolute Gasteiger partial charge is 0.494 e. The van der Waals surface area contributed by atoms with E-state index in [9.17, 15) is 18.8 Å². The zero-order chi connectivity index (χ0) is 21.3. The van der Waals surface area contributed by atoms with Crippen LogP contribution in [0, 0.1) is 5.82 Å². The number of hydrogen-bond acceptors (Lipinski definition) is 4. The lowest BCUT2D eigenvalue weighted by Crippen LogP contribution is -2.29. The maximum absolute atomic E-state index is 13.8. The van der Waals surface area contributed by atoms with Crippen molar-refractivity contribution in [2.24, 2.45) is 0 Å². The van der Waals surface area contributed by atoms with Gasteiger partial charge in [0.1, 0.15) is 11.6 Å². The number of benzene rings is 3. The molecule has 0 aromatic heterocycles. The summed E-state index contributed by atoms with van der Waals surface area (Å²) in [5.41, 5.74) is 0.904. The molecule has 150 valence electrons. The second-order valence-corrected chi connectivity index (χ2v) is 6.57. The smallest absolute Gasteiger partial charge is 0.266 e. The summed E-state index contributed by atoms with van der Waals surface area (Å²) in [7, 11) is 0. The van der Waals surface area contributed by atoms with Crippen LogP contribution in [0.4, 0.5) is 15.8 Å². The molecule has 6 nitrogen and oxygen atoms in total. The van der Waals surface area contributed by atoms with Gasteiger partial charge >= 0.3 is 0 Å². The highest BCUT2D eigenvalue weighted by Crippen LogP contribution is 2.30. The zero-order valence-corrected chi connectivity index (χ0v) is 16.0. The Morgan fingerprint density at radius 2 is 1.67 bits per heavy atom. The molecule has 0 atom stereocenters. The van der Waals surface area contributed by atoms with Crippen molar-refractivity contribution >= 4 is 29.1 Å². The standard InChI is InChI=1S/C23H17FN2O4/c1-2-30-16-10-8-15(9-11-16)26-22(28)17-12-7-14(13-18(17)23(26)29)21(27)25-20-6-4-3-5-19(20)24/h3-13H,2H2,1H3,(H,25,27). The molecule has 0 bridgehead atoms. The van der Waals surface area contributed by atoms with Gasteiger partial charge in [-0.1, -0.05) is 12.1 Å². The van der Waals surface area contributed by atoms with Gasteiger partial charge in [-0.2, -0.15) is 0 Å². The Bertz CT molecular complexity index is 1160. The lowest BCUT2D eigenvalue weighted by molar-refractivity contribution is 0.0925. The molecule has 4 rings (SSSR count). The van der Waals surface area contributed by atoms with Crippen LogP contribution >= 0.6 is 0 Å². The Balaban J connectivity index is 1.60. The van der Waals surface area contributed by atoms with Crippen LogP contribution in [-0.4, -0.2) is 24.3 Å². The maximum Gasteiger partial charge on any atom is 0.266 e. The minimum Gasteiger partial charge on any atom is -0.494 e. The summed E-state index contributed by atoms with van der Waals surface area (Å²) < 4.78 is 19.2. The molecular formula is C23H17FN2O4. The first-order valence-corrected chi connectivity index (χ1v) is 9.31. The number of rotatable bonds is 5. The van der Waals surface area contributed by atoms with Gasteiger partial charge in [-0.3, -0.25) is 14.4 Å². The maximum atomic E-state index is 13.8. The van der Waals surface area contributed by atoms with Gasteiger partial charge in [0.25, 0.3) is 17.7 Å². The van der Waals surface area contributed by atoms with Crippen LogP contribution in [0.5, 0.6) is 5.75 Å². The summed E-state index contributed by atoms with van der Waals surface area (Å²) in [6, 6.07) is 16.6. The number of halogens is 1. The summed E-state index contributed by atoms with van der Waals surface area (Å²) in [4.78, 5) is 39.2. The Kier molecular flexibility index (Phi) is 5.02. The molecule has 1 N–H and O–H groups in total. The van der Waals surface area contributed by atoms with Crippen LogP contribution in [-0.2, 0) is 0 Å². The average molecular weight is 404 g/mol. The van der Waals surface area contributed by atoms with Gasteiger partial charge in [-0.15, -0.1) is 0 Å². The number of nitrogens with zero attached hydrogens (tertiary/aromatic N) is 1. The topological polar surface area (TPSA) is 75.7 Å². The van der Waals surface area contributed by atoms with Crippen LogP contribution < -0.4 is 15.0 Å². The van der Waals surface area contributed by atoms with E-state index in [2.05, 4.69) is 5.32 Å². The van der Waals surface area contributed by atoms with Gasteiger partial charge in [0.05, 0.1) is 29.1 Å². The molecule has 0 unspecified atom stereocenters. The van der Waals surface area contributed by atoms with Gasteiger partial charge in [0.15, 0.2) is 0 Å². The molecule has 1 heterocycles. The Morgan fingerprint density at radius 3 is 2.37 bits per heavy atom. The molecule has 0 radical (unpaired) electrons. The van der Waals surface area contributed by atoms with Gasteiger partial charge < -0.3 is 10.1 Å². The first-order valence-electron chi connectivity index (χ1n) is 9.31.